The third-order valence-corrected chi connectivity index (χ3v) is 7.79. The highest BCUT2D eigenvalue weighted by molar-refractivity contribution is 7.89. The minimum Gasteiger partial charge on any atom is -0.490 e. The second kappa shape index (κ2) is 9.09. The molecule has 176 valence electrons. The average molecular weight is 484 g/mol. The van der Waals surface area contributed by atoms with E-state index >= 15 is 0 Å². The maximum atomic E-state index is 14.2. The summed E-state index contributed by atoms with van der Waals surface area (Å²) in [5.74, 6) is -0.440. The third-order valence-electron chi connectivity index (χ3n) is 5.94. The van der Waals surface area contributed by atoms with Crippen molar-refractivity contribution in [2.75, 3.05) is 38.1 Å². The van der Waals surface area contributed by atoms with Gasteiger partial charge < -0.3 is 10.1 Å². The molecule has 9 nitrogen and oxygen atoms in total. The highest BCUT2D eigenvalue weighted by atomic mass is 32.2. The summed E-state index contributed by atoms with van der Waals surface area (Å²) in [5, 5.41) is 2.84. The summed E-state index contributed by atoms with van der Waals surface area (Å²) >= 11 is 0. The average Bonchev–Trinajstić information content (AvgIpc) is 2.91. The van der Waals surface area contributed by atoms with Gasteiger partial charge in [0.2, 0.25) is 21.9 Å². The van der Waals surface area contributed by atoms with Crippen LogP contribution in [-0.4, -0.2) is 72.3 Å². The molecule has 0 aliphatic carbocycles. The van der Waals surface area contributed by atoms with E-state index in [1.165, 1.54) is 29.0 Å². The molecule has 0 saturated carbocycles. The van der Waals surface area contributed by atoms with Crippen LogP contribution < -0.4 is 10.1 Å². The van der Waals surface area contributed by atoms with Crippen molar-refractivity contribution in [3.05, 3.63) is 67.0 Å². The van der Waals surface area contributed by atoms with Gasteiger partial charge in [-0.15, -0.1) is 0 Å². The monoisotopic (exact) mass is 483 g/mol. The highest BCUT2D eigenvalue weighted by Crippen LogP contribution is 2.33. The number of hydrogen-bond donors (Lipinski definition) is 1. The van der Waals surface area contributed by atoms with Gasteiger partial charge in [0.25, 0.3) is 0 Å². The molecule has 0 unspecified atom stereocenters. The van der Waals surface area contributed by atoms with Crippen LogP contribution in [0.5, 0.6) is 5.75 Å². The lowest BCUT2D eigenvalue weighted by molar-refractivity contribution is -0.118. The van der Waals surface area contributed by atoms with Crippen molar-refractivity contribution >= 4 is 21.6 Å². The van der Waals surface area contributed by atoms with Crippen molar-refractivity contribution < 1.29 is 22.3 Å². The van der Waals surface area contributed by atoms with Crippen LogP contribution >= 0.6 is 0 Å². The molecule has 5 rings (SSSR count). The smallest absolute Gasteiger partial charge is 0.244 e. The number of nitrogens with one attached hydrogen (secondary N) is 1. The third kappa shape index (κ3) is 4.37. The van der Waals surface area contributed by atoms with Crippen LogP contribution in [0.15, 0.2) is 66.0 Å². The summed E-state index contributed by atoms with van der Waals surface area (Å²) in [7, 11) is -3.71. The number of rotatable bonds is 3. The first kappa shape index (κ1) is 22.4. The van der Waals surface area contributed by atoms with E-state index in [9.17, 15) is 17.6 Å². The Hall–Kier alpha value is -3.41. The topological polar surface area (TPSA) is 105 Å². The number of sulfonamides is 1. The molecule has 4 heterocycles. The molecule has 2 aliphatic heterocycles. The Balaban J connectivity index is 1.39. The zero-order valence-electron chi connectivity index (χ0n) is 18.1. The van der Waals surface area contributed by atoms with E-state index in [2.05, 4.69) is 15.3 Å². The molecule has 0 bridgehead atoms. The fourth-order valence-electron chi connectivity index (χ4n) is 4.18. The second-order valence-corrected chi connectivity index (χ2v) is 10.0. The molecule has 1 atom stereocenters. The number of aromatic nitrogens is 2. The Labute approximate surface area is 196 Å². The number of halogens is 1. The Bertz CT molecular complexity index is 1320. The van der Waals surface area contributed by atoms with Crippen molar-refractivity contribution in [2.24, 2.45) is 0 Å². The Morgan fingerprint density at radius 3 is 2.76 bits per heavy atom. The molecule has 1 amide bonds. The number of anilines is 1. The minimum absolute atomic E-state index is 0.0831. The van der Waals surface area contributed by atoms with Gasteiger partial charge in [0, 0.05) is 43.8 Å². The SMILES string of the molecule is O=C1CN2CCN(S(=O)(=O)c3cccnc3)C[C@@H]2COc2ccc(-c3cccnc3F)cc2N1. The van der Waals surface area contributed by atoms with Gasteiger partial charge in [-0.2, -0.15) is 8.70 Å². The number of hydrogen-bond acceptors (Lipinski definition) is 7. The van der Waals surface area contributed by atoms with Gasteiger partial charge >= 0.3 is 0 Å². The number of piperazine rings is 1. The number of amides is 1. The predicted octanol–water partition coefficient (Wildman–Crippen LogP) is 1.99. The summed E-state index contributed by atoms with van der Waals surface area (Å²) in [6.07, 6.45) is 4.22. The van der Waals surface area contributed by atoms with Gasteiger partial charge in [-0.3, -0.25) is 14.7 Å². The molecular weight excluding hydrogens is 461 g/mol. The molecule has 34 heavy (non-hydrogen) atoms. The molecule has 1 fully saturated rings. The van der Waals surface area contributed by atoms with E-state index in [1.807, 2.05) is 4.90 Å². The molecule has 2 aromatic heterocycles. The van der Waals surface area contributed by atoms with Crippen molar-refractivity contribution in [3.8, 4) is 16.9 Å². The molecular formula is C23H22FN5O4S. The minimum atomic E-state index is -3.71. The fraction of sp³-hybridized carbons (Fsp3) is 0.261. The van der Waals surface area contributed by atoms with Crippen LogP contribution in [0.3, 0.4) is 0 Å². The molecule has 0 radical (unpaired) electrons. The van der Waals surface area contributed by atoms with Crippen LogP contribution in [0.2, 0.25) is 0 Å². The lowest BCUT2D eigenvalue weighted by Crippen LogP contribution is -2.57. The van der Waals surface area contributed by atoms with Gasteiger partial charge in [-0.1, -0.05) is 6.07 Å². The maximum Gasteiger partial charge on any atom is 0.244 e. The van der Waals surface area contributed by atoms with Gasteiger partial charge in [-0.05, 0) is 42.0 Å². The van der Waals surface area contributed by atoms with Crippen molar-refractivity contribution in [1.82, 2.24) is 19.2 Å². The quantitative estimate of drug-likeness (QED) is 0.568. The first-order chi connectivity index (χ1) is 16.4. The normalized spacial score (nSPS) is 19.6. The number of carbonyl (C=O) groups excluding carboxylic acids is 1. The Morgan fingerprint density at radius 2 is 1.97 bits per heavy atom. The summed E-state index contributed by atoms with van der Waals surface area (Å²) in [4.78, 5) is 22.4. The van der Waals surface area contributed by atoms with E-state index in [0.29, 0.717) is 29.1 Å². The first-order valence-electron chi connectivity index (χ1n) is 10.7. The van der Waals surface area contributed by atoms with E-state index in [0.717, 1.165) is 0 Å². The zero-order chi connectivity index (χ0) is 23.7. The first-order valence-corrected chi connectivity index (χ1v) is 12.2. The van der Waals surface area contributed by atoms with Crippen LogP contribution in [0.4, 0.5) is 10.1 Å². The number of benzene rings is 1. The van der Waals surface area contributed by atoms with E-state index in [4.69, 9.17) is 4.74 Å². The van der Waals surface area contributed by atoms with Crippen molar-refractivity contribution in [2.45, 2.75) is 10.9 Å². The molecule has 0 spiro atoms. The fourth-order valence-corrected chi connectivity index (χ4v) is 5.61. The largest absolute Gasteiger partial charge is 0.490 e. The number of pyridine rings is 2. The van der Waals surface area contributed by atoms with Crippen molar-refractivity contribution in [1.29, 1.82) is 0 Å². The van der Waals surface area contributed by atoms with Gasteiger partial charge in [0.15, 0.2) is 0 Å². The Morgan fingerprint density at radius 1 is 1.12 bits per heavy atom. The number of fused-ring (bicyclic) bond motifs is 2. The van der Waals surface area contributed by atoms with E-state index in [1.54, 1.807) is 36.4 Å². The summed E-state index contributed by atoms with van der Waals surface area (Å²) in [5.41, 5.74) is 1.29. The standard InChI is InChI=1S/C23H22FN5O4S/c24-23-19(4-2-8-26-23)16-5-6-21-20(11-16)27-22(30)14-28-9-10-29(13-17(28)15-33-21)34(31,32)18-3-1-7-25-12-18/h1-8,11-12,17H,9-10,13-15H2,(H,27,30)/t17-/m1/s1. The van der Waals surface area contributed by atoms with Crippen LogP contribution in [-0.2, 0) is 14.8 Å². The maximum absolute atomic E-state index is 14.2. The molecule has 3 aromatic rings. The molecule has 11 heteroatoms. The number of carbonyl (C=O) groups is 1. The molecule has 1 aromatic carbocycles. The lowest BCUT2D eigenvalue weighted by Gasteiger charge is -2.39. The summed E-state index contributed by atoms with van der Waals surface area (Å²) < 4.78 is 47.7. The van der Waals surface area contributed by atoms with Crippen LogP contribution in [0, 0.1) is 5.95 Å². The Kier molecular flexibility index (Phi) is 5.98. The highest BCUT2D eigenvalue weighted by Gasteiger charge is 2.36. The molecule has 1 N–H and O–H groups in total. The predicted molar refractivity (Wildman–Crippen MR) is 122 cm³/mol. The zero-order valence-corrected chi connectivity index (χ0v) is 18.9. The van der Waals surface area contributed by atoms with Crippen LogP contribution in [0.1, 0.15) is 0 Å². The number of ether oxygens (including phenoxy) is 1. The van der Waals surface area contributed by atoms with E-state index in [-0.39, 0.29) is 43.1 Å². The van der Waals surface area contributed by atoms with Gasteiger partial charge in [-0.25, -0.2) is 13.4 Å². The van der Waals surface area contributed by atoms with E-state index < -0.39 is 16.0 Å². The molecule has 1 saturated heterocycles. The molecule has 2 aliphatic rings. The van der Waals surface area contributed by atoms with Gasteiger partial charge in [0.1, 0.15) is 17.3 Å². The summed E-state index contributed by atoms with van der Waals surface area (Å²) in [6, 6.07) is 11.0. The number of nitrogens with zero attached hydrogens (tertiary/aromatic N) is 4. The second-order valence-electron chi connectivity index (χ2n) is 8.09. The van der Waals surface area contributed by atoms with Crippen LogP contribution in [0.25, 0.3) is 11.1 Å². The van der Waals surface area contributed by atoms with Crippen molar-refractivity contribution in [3.63, 3.8) is 0 Å². The van der Waals surface area contributed by atoms with Gasteiger partial charge in [0.05, 0.1) is 18.3 Å². The lowest BCUT2D eigenvalue weighted by atomic mass is 10.1. The summed E-state index contributed by atoms with van der Waals surface area (Å²) in [6.45, 7) is 1.07.